The fourth-order valence-electron chi connectivity index (χ4n) is 3.72. The van der Waals surface area contributed by atoms with Crippen LogP contribution in [0, 0.1) is 6.92 Å². The molecular weight excluding hydrogens is 388 g/mol. The molecule has 3 heterocycles. The minimum Gasteiger partial charge on any atom is -0.355 e. The number of aryl methyl sites for hydroxylation is 1. The van der Waals surface area contributed by atoms with Crippen LogP contribution in [0.5, 0.6) is 0 Å². The van der Waals surface area contributed by atoms with Crippen molar-refractivity contribution in [3.63, 3.8) is 0 Å². The number of rotatable bonds is 4. The second-order valence-electron chi connectivity index (χ2n) is 7.72. The molecule has 0 radical (unpaired) electrons. The highest BCUT2D eigenvalue weighted by Crippen LogP contribution is 2.25. The molecule has 29 heavy (non-hydrogen) atoms. The van der Waals surface area contributed by atoms with Crippen LogP contribution in [-0.4, -0.2) is 51.6 Å². The topological polar surface area (TPSA) is 79.8 Å². The number of nitrogens with two attached hydrogens (primary N) is 1. The van der Waals surface area contributed by atoms with Gasteiger partial charge in [-0.3, -0.25) is 4.79 Å². The van der Waals surface area contributed by atoms with Crippen LogP contribution in [0.3, 0.4) is 0 Å². The lowest BCUT2D eigenvalue weighted by atomic mass is 10.1. The average Bonchev–Trinajstić information content (AvgIpc) is 3.31. The molecule has 0 spiro atoms. The number of amides is 1. The molecule has 1 fully saturated rings. The van der Waals surface area contributed by atoms with Crippen molar-refractivity contribution in [1.82, 2.24) is 19.5 Å². The van der Waals surface area contributed by atoms with E-state index < -0.39 is 0 Å². The standard InChI is InChI=1S/C21H25ClN6O/c1-13-11-28-19(24-20(13)27-8-7-17(23)12-27)10-18(25-28)14(2)26(3)21(29)15-5-4-6-16(22)9-15/h4-6,9-11,14,17H,7-8,12,23H2,1-3H3/t14-,17-/m0/s1. The minimum absolute atomic E-state index is 0.104. The summed E-state index contributed by atoms with van der Waals surface area (Å²) in [6, 6.07) is 8.88. The van der Waals surface area contributed by atoms with Gasteiger partial charge in [-0.15, -0.1) is 0 Å². The van der Waals surface area contributed by atoms with Crippen LogP contribution >= 0.6 is 11.6 Å². The van der Waals surface area contributed by atoms with Gasteiger partial charge in [0.1, 0.15) is 5.82 Å². The van der Waals surface area contributed by atoms with Crippen molar-refractivity contribution in [3.05, 3.63) is 58.4 Å². The highest BCUT2D eigenvalue weighted by atomic mass is 35.5. The van der Waals surface area contributed by atoms with Crippen molar-refractivity contribution in [2.24, 2.45) is 5.73 Å². The number of halogens is 1. The summed E-state index contributed by atoms with van der Waals surface area (Å²) in [6.07, 6.45) is 2.96. The van der Waals surface area contributed by atoms with E-state index in [0.29, 0.717) is 10.6 Å². The zero-order valence-corrected chi connectivity index (χ0v) is 17.6. The summed E-state index contributed by atoms with van der Waals surface area (Å²) >= 11 is 6.03. The van der Waals surface area contributed by atoms with E-state index in [-0.39, 0.29) is 18.0 Å². The maximum atomic E-state index is 12.8. The zero-order chi connectivity index (χ0) is 20.7. The SMILES string of the molecule is Cc1cn2nc([C@H](C)N(C)C(=O)c3cccc(Cl)c3)cc2nc1N1CC[C@H](N)C1. The molecule has 0 bridgehead atoms. The number of hydrogen-bond donors (Lipinski definition) is 1. The Bertz CT molecular complexity index is 1060. The van der Waals surface area contributed by atoms with Crippen LogP contribution in [-0.2, 0) is 0 Å². The lowest BCUT2D eigenvalue weighted by Crippen LogP contribution is -2.29. The monoisotopic (exact) mass is 412 g/mol. The number of nitrogens with zero attached hydrogens (tertiary/aromatic N) is 5. The van der Waals surface area contributed by atoms with E-state index in [1.165, 1.54) is 0 Å². The van der Waals surface area contributed by atoms with Gasteiger partial charge in [-0.1, -0.05) is 17.7 Å². The van der Waals surface area contributed by atoms with Crippen molar-refractivity contribution < 1.29 is 4.79 Å². The zero-order valence-electron chi connectivity index (χ0n) is 16.8. The Morgan fingerprint density at radius 3 is 2.86 bits per heavy atom. The third kappa shape index (κ3) is 3.80. The van der Waals surface area contributed by atoms with Crippen molar-refractivity contribution >= 4 is 29.0 Å². The first-order chi connectivity index (χ1) is 13.8. The first-order valence-corrected chi connectivity index (χ1v) is 10.1. The van der Waals surface area contributed by atoms with Crippen molar-refractivity contribution in [3.8, 4) is 0 Å². The molecule has 2 aromatic heterocycles. The van der Waals surface area contributed by atoms with E-state index in [4.69, 9.17) is 22.3 Å². The number of anilines is 1. The van der Waals surface area contributed by atoms with E-state index >= 15 is 0 Å². The van der Waals surface area contributed by atoms with Crippen LogP contribution in [0.4, 0.5) is 5.82 Å². The number of aromatic nitrogens is 3. The second-order valence-corrected chi connectivity index (χ2v) is 8.15. The maximum Gasteiger partial charge on any atom is 0.254 e. The fraction of sp³-hybridized carbons (Fsp3) is 0.381. The third-order valence-electron chi connectivity index (χ3n) is 5.55. The summed E-state index contributed by atoms with van der Waals surface area (Å²) < 4.78 is 1.78. The molecule has 7 nitrogen and oxygen atoms in total. The molecule has 152 valence electrons. The van der Waals surface area contributed by atoms with Crippen molar-refractivity contribution in [2.75, 3.05) is 25.0 Å². The predicted molar refractivity (Wildman–Crippen MR) is 114 cm³/mol. The molecule has 0 saturated carbocycles. The van der Waals surface area contributed by atoms with Gasteiger partial charge < -0.3 is 15.5 Å². The molecule has 0 unspecified atom stereocenters. The van der Waals surface area contributed by atoms with E-state index in [2.05, 4.69) is 10.00 Å². The van der Waals surface area contributed by atoms with Crippen LogP contribution in [0.25, 0.3) is 5.65 Å². The van der Waals surface area contributed by atoms with Gasteiger partial charge in [0.05, 0.1) is 11.7 Å². The Labute approximate surface area is 175 Å². The second kappa shape index (κ2) is 7.65. The summed E-state index contributed by atoms with van der Waals surface area (Å²) in [5.41, 5.74) is 9.20. The van der Waals surface area contributed by atoms with Gasteiger partial charge in [0, 0.05) is 54.6 Å². The molecule has 1 aromatic carbocycles. The van der Waals surface area contributed by atoms with E-state index in [1.54, 1.807) is 40.7 Å². The quantitative estimate of drug-likeness (QED) is 0.712. The van der Waals surface area contributed by atoms with Gasteiger partial charge >= 0.3 is 0 Å². The molecule has 2 atom stereocenters. The third-order valence-corrected chi connectivity index (χ3v) is 5.78. The van der Waals surface area contributed by atoms with E-state index in [9.17, 15) is 4.79 Å². The highest BCUT2D eigenvalue weighted by Gasteiger charge is 2.24. The predicted octanol–water partition coefficient (Wildman–Crippen LogP) is 3.06. The molecule has 1 saturated heterocycles. The average molecular weight is 413 g/mol. The fourth-order valence-corrected chi connectivity index (χ4v) is 3.91. The molecule has 1 amide bonds. The number of hydrogen-bond acceptors (Lipinski definition) is 5. The number of benzene rings is 1. The maximum absolute atomic E-state index is 12.8. The Morgan fingerprint density at radius 2 is 2.17 bits per heavy atom. The van der Waals surface area contributed by atoms with Crippen LogP contribution < -0.4 is 10.6 Å². The summed E-state index contributed by atoms with van der Waals surface area (Å²) in [6.45, 7) is 5.72. The largest absolute Gasteiger partial charge is 0.355 e. The van der Waals surface area contributed by atoms with Crippen LogP contribution in [0.1, 0.15) is 41.0 Å². The first-order valence-electron chi connectivity index (χ1n) is 9.73. The van der Waals surface area contributed by atoms with E-state index in [1.807, 2.05) is 26.1 Å². The molecule has 4 rings (SSSR count). The minimum atomic E-state index is -0.216. The van der Waals surface area contributed by atoms with Gasteiger partial charge in [0.25, 0.3) is 5.91 Å². The molecule has 1 aliphatic heterocycles. The summed E-state index contributed by atoms with van der Waals surface area (Å²) in [4.78, 5) is 21.6. The molecule has 1 aliphatic rings. The normalized spacial score (nSPS) is 17.7. The van der Waals surface area contributed by atoms with Gasteiger partial charge in [-0.25, -0.2) is 9.50 Å². The Morgan fingerprint density at radius 1 is 1.38 bits per heavy atom. The van der Waals surface area contributed by atoms with Gasteiger partial charge in [-0.05, 0) is 38.5 Å². The molecular formula is C21H25ClN6O. The smallest absolute Gasteiger partial charge is 0.254 e. The highest BCUT2D eigenvalue weighted by molar-refractivity contribution is 6.30. The number of carbonyl (C=O) groups is 1. The molecule has 0 aliphatic carbocycles. The first kappa shape index (κ1) is 19.7. The Balaban J connectivity index is 1.61. The lowest BCUT2D eigenvalue weighted by Gasteiger charge is -2.23. The van der Waals surface area contributed by atoms with Crippen molar-refractivity contribution in [1.29, 1.82) is 0 Å². The lowest BCUT2D eigenvalue weighted by molar-refractivity contribution is 0.0739. The molecule has 2 N–H and O–H groups in total. The Kier molecular flexibility index (Phi) is 5.19. The number of carbonyl (C=O) groups excluding carboxylic acids is 1. The van der Waals surface area contributed by atoms with Crippen LogP contribution in [0.2, 0.25) is 5.02 Å². The van der Waals surface area contributed by atoms with Crippen molar-refractivity contribution in [2.45, 2.75) is 32.4 Å². The summed E-state index contributed by atoms with van der Waals surface area (Å²) in [5.74, 6) is 0.848. The Hall–Kier alpha value is -2.64. The van der Waals surface area contributed by atoms with Gasteiger partial charge in [0.15, 0.2) is 5.65 Å². The van der Waals surface area contributed by atoms with E-state index in [0.717, 1.165) is 42.2 Å². The van der Waals surface area contributed by atoms with Gasteiger partial charge in [0.2, 0.25) is 0 Å². The molecule has 8 heteroatoms. The molecule has 3 aromatic rings. The summed E-state index contributed by atoms with van der Waals surface area (Å²) in [5, 5.41) is 5.20. The number of fused-ring (bicyclic) bond motifs is 1. The van der Waals surface area contributed by atoms with Crippen LogP contribution in [0.15, 0.2) is 36.5 Å². The van der Waals surface area contributed by atoms with Gasteiger partial charge in [-0.2, -0.15) is 5.10 Å². The summed E-state index contributed by atoms with van der Waals surface area (Å²) in [7, 11) is 1.77.